The number of aromatic nitrogens is 2. The predicted molar refractivity (Wildman–Crippen MR) is 28.9 cm³/mol. The summed E-state index contributed by atoms with van der Waals surface area (Å²) in [6, 6.07) is 0. The van der Waals surface area contributed by atoms with Gasteiger partial charge in [0.05, 0.1) is 12.5 Å². The topological polar surface area (TPSA) is 34.9 Å². The second-order valence-corrected chi connectivity index (χ2v) is 1.62. The lowest BCUT2D eigenvalue weighted by Gasteiger charge is -1.98. The molecular weight excluding hydrogens is 142 g/mol. The van der Waals surface area contributed by atoms with Crippen molar-refractivity contribution in [2.45, 2.75) is 6.55 Å². The zero-order chi connectivity index (χ0) is 7.56. The van der Waals surface area contributed by atoms with Crippen molar-refractivity contribution in [1.82, 2.24) is 9.55 Å². The Morgan fingerprint density at radius 3 is 2.80 bits per heavy atom. The maximum Gasteiger partial charge on any atom is 0.320 e. The molecule has 0 aliphatic rings. The molecule has 0 saturated heterocycles. The first-order chi connectivity index (χ1) is 4.75. The molecular formula is C5H4F2N2O. The molecule has 0 N–H and O–H groups in total. The van der Waals surface area contributed by atoms with Gasteiger partial charge < -0.3 is 0 Å². The van der Waals surface area contributed by atoms with Crippen molar-refractivity contribution in [3.63, 3.8) is 0 Å². The van der Waals surface area contributed by atoms with Gasteiger partial charge in [-0.25, -0.2) is 4.98 Å². The lowest BCUT2D eigenvalue weighted by atomic mass is 10.5. The first-order valence-electron chi connectivity index (χ1n) is 2.51. The SMILES string of the molecule is O=Cc1cncn1C(F)F. The van der Waals surface area contributed by atoms with E-state index in [0.29, 0.717) is 10.9 Å². The first-order valence-corrected chi connectivity index (χ1v) is 2.51. The van der Waals surface area contributed by atoms with Crippen LogP contribution in [0.25, 0.3) is 0 Å². The van der Waals surface area contributed by atoms with Gasteiger partial charge in [0.15, 0.2) is 6.29 Å². The number of rotatable bonds is 2. The van der Waals surface area contributed by atoms with E-state index in [1.54, 1.807) is 0 Å². The van der Waals surface area contributed by atoms with Gasteiger partial charge in [-0.2, -0.15) is 8.78 Å². The Bertz CT molecular complexity index is 233. The summed E-state index contributed by atoms with van der Waals surface area (Å²) in [6.45, 7) is -2.69. The quantitative estimate of drug-likeness (QED) is 0.585. The van der Waals surface area contributed by atoms with Crippen LogP contribution in [0.3, 0.4) is 0 Å². The molecule has 1 heterocycles. The molecule has 3 nitrogen and oxygen atoms in total. The van der Waals surface area contributed by atoms with Gasteiger partial charge >= 0.3 is 6.55 Å². The number of hydrogen-bond donors (Lipinski definition) is 0. The van der Waals surface area contributed by atoms with Crippen LogP contribution in [0, 0.1) is 0 Å². The number of aldehydes is 1. The van der Waals surface area contributed by atoms with Crippen LogP contribution in [-0.4, -0.2) is 15.8 Å². The monoisotopic (exact) mass is 146 g/mol. The van der Waals surface area contributed by atoms with Crippen molar-refractivity contribution in [1.29, 1.82) is 0 Å². The number of carbonyl (C=O) groups excluding carboxylic acids is 1. The molecule has 0 atom stereocenters. The van der Waals surface area contributed by atoms with Crippen LogP contribution in [-0.2, 0) is 0 Å². The van der Waals surface area contributed by atoms with Crippen LogP contribution >= 0.6 is 0 Å². The van der Waals surface area contributed by atoms with Gasteiger partial charge in [0.1, 0.15) is 5.69 Å². The van der Waals surface area contributed by atoms with E-state index in [1.165, 1.54) is 0 Å². The summed E-state index contributed by atoms with van der Waals surface area (Å²) in [5.41, 5.74) is -0.116. The molecule has 0 aromatic carbocycles. The Morgan fingerprint density at radius 1 is 1.70 bits per heavy atom. The first kappa shape index (κ1) is 6.85. The van der Waals surface area contributed by atoms with Crippen LogP contribution < -0.4 is 0 Å². The van der Waals surface area contributed by atoms with Gasteiger partial charge in [-0.15, -0.1) is 0 Å². The van der Waals surface area contributed by atoms with E-state index in [1.807, 2.05) is 0 Å². The molecule has 0 fully saturated rings. The second-order valence-electron chi connectivity index (χ2n) is 1.62. The Hall–Kier alpha value is -1.26. The molecule has 0 saturated carbocycles. The highest BCUT2D eigenvalue weighted by atomic mass is 19.3. The van der Waals surface area contributed by atoms with Gasteiger partial charge in [0.25, 0.3) is 0 Å². The maximum atomic E-state index is 11.8. The van der Waals surface area contributed by atoms with Crippen molar-refractivity contribution in [2.24, 2.45) is 0 Å². The highest BCUT2D eigenvalue weighted by Crippen LogP contribution is 2.10. The third-order valence-corrected chi connectivity index (χ3v) is 1.03. The molecule has 0 radical (unpaired) electrons. The van der Waals surface area contributed by atoms with Crippen LogP contribution in [0.1, 0.15) is 17.0 Å². The minimum atomic E-state index is -2.69. The van der Waals surface area contributed by atoms with Crippen molar-refractivity contribution in [3.8, 4) is 0 Å². The molecule has 0 bridgehead atoms. The Labute approximate surface area is 55.3 Å². The van der Waals surface area contributed by atoms with E-state index in [9.17, 15) is 13.6 Å². The fraction of sp³-hybridized carbons (Fsp3) is 0.200. The van der Waals surface area contributed by atoms with Gasteiger partial charge in [-0.1, -0.05) is 0 Å². The second kappa shape index (κ2) is 2.55. The number of carbonyl (C=O) groups is 1. The summed E-state index contributed by atoms with van der Waals surface area (Å²) in [6.07, 6.45) is 2.33. The van der Waals surface area contributed by atoms with E-state index >= 15 is 0 Å². The standard InChI is InChI=1S/C5H4F2N2O/c6-5(7)9-3-8-1-4(9)2-10/h1-3,5H. The number of halogens is 2. The van der Waals surface area contributed by atoms with E-state index in [4.69, 9.17) is 0 Å². The normalized spacial score (nSPS) is 10.3. The molecule has 0 unspecified atom stereocenters. The smallest absolute Gasteiger partial charge is 0.296 e. The average molecular weight is 146 g/mol. The fourth-order valence-electron chi connectivity index (χ4n) is 0.569. The van der Waals surface area contributed by atoms with Crippen LogP contribution in [0.4, 0.5) is 8.78 Å². The van der Waals surface area contributed by atoms with Gasteiger partial charge in [-0.3, -0.25) is 9.36 Å². The minimum Gasteiger partial charge on any atom is -0.296 e. The molecule has 54 valence electrons. The van der Waals surface area contributed by atoms with Crippen LogP contribution in [0.15, 0.2) is 12.5 Å². The Balaban J connectivity index is 3.01. The average Bonchev–Trinajstić information content (AvgIpc) is 2.33. The summed E-state index contributed by atoms with van der Waals surface area (Å²) in [7, 11) is 0. The number of hydrogen-bond acceptors (Lipinski definition) is 2. The maximum absolute atomic E-state index is 11.8. The van der Waals surface area contributed by atoms with E-state index in [2.05, 4.69) is 4.98 Å². The number of nitrogens with zero attached hydrogens (tertiary/aromatic N) is 2. The summed E-state index contributed by atoms with van der Waals surface area (Å²) < 4.78 is 24.1. The summed E-state index contributed by atoms with van der Waals surface area (Å²) >= 11 is 0. The van der Waals surface area contributed by atoms with Gasteiger partial charge in [0, 0.05) is 0 Å². The van der Waals surface area contributed by atoms with Crippen molar-refractivity contribution in [3.05, 3.63) is 18.2 Å². The van der Waals surface area contributed by atoms with Crippen molar-refractivity contribution >= 4 is 6.29 Å². The molecule has 0 amide bonds. The van der Waals surface area contributed by atoms with E-state index in [-0.39, 0.29) is 5.69 Å². The minimum absolute atomic E-state index is 0.116. The summed E-state index contributed by atoms with van der Waals surface area (Å²) in [5, 5.41) is 0. The molecule has 0 spiro atoms. The van der Waals surface area contributed by atoms with E-state index in [0.717, 1.165) is 12.5 Å². The summed E-state index contributed by atoms with van der Waals surface area (Å²) in [4.78, 5) is 13.4. The molecule has 1 rings (SSSR count). The zero-order valence-corrected chi connectivity index (χ0v) is 4.87. The molecule has 0 aliphatic carbocycles. The van der Waals surface area contributed by atoms with Crippen LogP contribution in [0.5, 0.6) is 0 Å². The van der Waals surface area contributed by atoms with Gasteiger partial charge in [-0.05, 0) is 0 Å². The molecule has 1 aromatic rings. The highest BCUT2D eigenvalue weighted by Gasteiger charge is 2.08. The molecule has 1 aromatic heterocycles. The molecule has 0 aliphatic heterocycles. The van der Waals surface area contributed by atoms with E-state index < -0.39 is 6.55 Å². The summed E-state index contributed by atoms with van der Waals surface area (Å²) in [5.74, 6) is 0. The third kappa shape index (κ3) is 1.02. The Morgan fingerprint density at radius 2 is 2.40 bits per heavy atom. The third-order valence-electron chi connectivity index (χ3n) is 1.03. The zero-order valence-electron chi connectivity index (χ0n) is 4.87. The van der Waals surface area contributed by atoms with Crippen molar-refractivity contribution < 1.29 is 13.6 Å². The lowest BCUT2D eigenvalue weighted by Crippen LogP contribution is -2.00. The van der Waals surface area contributed by atoms with Crippen LogP contribution in [0.2, 0.25) is 0 Å². The van der Waals surface area contributed by atoms with Crippen molar-refractivity contribution in [2.75, 3.05) is 0 Å². The lowest BCUT2D eigenvalue weighted by molar-refractivity contribution is 0.0663. The number of alkyl halides is 2. The largest absolute Gasteiger partial charge is 0.320 e. The Kier molecular flexibility index (Phi) is 1.75. The highest BCUT2D eigenvalue weighted by molar-refractivity contribution is 5.71. The fourth-order valence-corrected chi connectivity index (χ4v) is 0.569. The predicted octanol–water partition coefficient (Wildman–Crippen LogP) is 1.09. The molecule has 5 heteroatoms. The number of imidazole rings is 1. The molecule has 10 heavy (non-hydrogen) atoms. The van der Waals surface area contributed by atoms with Gasteiger partial charge in [0.2, 0.25) is 0 Å².